The molecule has 6 nitrogen and oxygen atoms in total. The molecule has 0 aliphatic heterocycles. The van der Waals surface area contributed by atoms with Gasteiger partial charge in [0.05, 0.1) is 11.7 Å². The third kappa shape index (κ3) is 3.64. The maximum Gasteiger partial charge on any atom is 0.262 e. The van der Waals surface area contributed by atoms with Gasteiger partial charge in [0.15, 0.2) is 0 Å². The highest BCUT2D eigenvalue weighted by Crippen LogP contribution is 2.12. The summed E-state index contributed by atoms with van der Waals surface area (Å²) in [5.74, 6) is -0.179. The van der Waals surface area contributed by atoms with E-state index in [0.29, 0.717) is 16.8 Å². The van der Waals surface area contributed by atoms with Crippen molar-refractivity contribution < 1.29 is 4.79 Å². The molecule has 7 heteroatoms. The van der Waals surface area contributed by atoms with Gasteiger partial charge in [0, 0.05) is 13.1 Å². The molecule has 2 N–H and O–H groups in total. The summed E-state index contributed by atoms with van der Waals surface area (Å²) in [5.41, 5.74) is -0.171. The molecule has 0 aromatic carbocycles. The lowest BCUT2D eigenvalue weighted by Gasteiger charge is -2.07. The van der Waals surface area contributed by atoms with Crippen LogP contribution in [-0.4, -0.2) is 35.1 Å². The fourth-order valence-electron chi connectivity index (χ4n) is 1.81. The van der Waals surface area contributed by atoms with Crippen LogP contribution in [0.15, 0.2) is 22.6 Å². The minimum atomic E-state index is -0.179. The Balaban J connectivity index is 1.89. The highest BCUT2D eigenvalue weighted by Gasteiger charge is 2.08. The molecule has 1 amide bonds. The summed E-state index contributed by atoms with van der Waals surface area (Å²) < 4.78 is 1.34. The van der Waals surface area contributed by atoms with Crippen molar-refractivity contribution in [3.63, 3.8) is 0 Å². The van der Waals surface area contributed by atoms with Crippen LogP contribution in [0.4, 0.5) is 0 Å². The fraction of sp³-hybridized carbons (Fsp3) is 0.462. The average molecular weight is 294 g/mol. The van der Waals surface area contributed by atoms with Crippen molar-refractivity contribution in [2.24, 2.45) is 0 Å². The van der Waals surface area contributed by atoms with Crippen molar-refractivity contribution in [2.45, 2.75) is 19.9 Å². The summed E-state index contributed by atoms with van der Waals surface area (Å²) in [4.78, 5) is 28.7. The molecule has 0 atom stereocenters. The normalized spacial score (nSPS) is 10.8. The van der Waals surface area contributed by atoms with Crippen LogP contribution >= 0.6 is 11.3 Å². The monoisotopic (exact) mass is 294 g/mol. The van der Waals surface area contributed by atoms with Gasteiger partial charge >= 0.3 is 0 Å². The van der Waals surface area contributed by atoms with Gasteiger partial charge in [0.2, 0.25) is 5.91 Å². The first-order chi connectivity index (χ1) is 9.72. The number of nitrogens with one attached hydrogen (secondary N) is 2. The first-order valence-electron chi connectivity index (χ1n) is 6.62. The number of aromatic nitrogens is 2. The molecule has 2 rings (SSSR count). The summed E-state index contributed by atoms with van der Waals surface area (Å²) in [6.07, 6.45) is 2.49. The summed E-state index contributed by atoms with van der Waals surface area (Å²) in [7, 11) is 0. The smallest absolute Gasteiger partial charge is 0.262 e. The van der Waals surface area contributed by atoms with E-state index in [1.807, 2.05) is 5.38 Å². The second kappa shape index (κ2) is 7.16. The number of fused-ring (bicyclic) bond motifs is 1. The van der Waals surface area contributed by atoms with Gasteiger partial charge in [0.1, 0.15) is 11.4 Å². The molecule has 2 heterocycles. The molecular weight excluding hydrogens is 276 g/mol. The minimum Gasteiger partial charge on any atom is -0.353 e. The zero-order valence-electron chi connectivity index (χ0n) is 11.4. The van der Waals surface area contributed by atoms with E-state index >= 15 is 0 Å². The largest absolute Gasteiger partial charge is 0.353 e. The van der Waals surface area contributed by atoms with Gasteiger partial charge in [0.25, 0.3) is 5.56 Å². The van der Waals surface area contributed by atoms with Gasteiger partial charge in [-0.1, -0.05) is 6.92 Å². The zero-order valence-corrected chi connectivity index (χ0v) is 12.2. The van der Waals surface area contributed by atoms with E-state index in [2.05, 4.69) is 22.5 Å². The predicted octanol–water partition coefficient (Wildman–Crippen LogP) is 0.574. The Bertz CT molecular complexity index is 635. The van der Waals surface area contributed by atoms with Crippen LogP contribution in [-0.2, 0) is 11.3 Å². The van der Waals surface area contributed by atoms with Gasteiger partial charge in [-0.2, -0.15) is 0 Å². The molecule has 0 radical (unpaired) electrons. The van der Waals surface area contributed by atoms with Crippen molar-refractivity contribution in [3.05, 3.63) is 28.1 Å². The Morgan fingerprint density at radius 2 is 2.25 bits per heavy atom. The van der Waals surface area contributed by atoms with Crippen LogP contribution in [0.2, 0.25) is 0 Å². The molecule has 0 saturated heterocycles. The van der Waals surface area contributed by atoms with Crippen LogP contribution in [0.1, 0.15) is 13.3 Å². The third-order valence-electron chi connectivity index (χ3n) is 2.82. The van der Waals surface area contributed by atoms with Crippen LogP contribution in [0, 0.1) is 0 Å². The van der Waals surface area contributed by atoms with E-state index in [-0.39, 0.29) is 18.0 Å². The van der Waals surface area contributed by atoms with Crippen molar-refractivity contribution in [1.82, 2.24) is 20.2 Å². The Hall–Kier alpha value is -1.73. The van der Waals surface area contributed by atoms with E-state index in [9.17, 15) is 9.59 Å². The van der Waals surface area contributed by atoms with Crippen LogP contribution in [0.25, 0.3) is 10.2 Å². The Morgan fingerprint density at radius 3 is 3.05 bits per heavy atom. The Labute approximate surface area is 120 Å². The van der Waals surface area contributed by atoms with Gasteiger partial charge in [-0.3, -0.25) is 14.2 Å². The predicted molar refractivity (Wildman–Crippen MR) is 80.1 cm³/mol. The first-order valence-corrected chi connectivity index (χ1v) is 7.50. The van der Waals surface area contributed by atoms with E-state index in [0.717, 1.165) is 19.5 Å². The molecular formula is C13H18N4O2S. The Morgan fingerprint density at radius 1 is 1.40 bits per heavy atom. The first kappa shape index (κ1) is 14.7. The molecule has 20 heavy (non-hydrogen) atoms. The van der Waals surface area contributed by atoms with E-state index in [4.69, 9.17) is 0 Å². The SMILES string of the molecule is CCCNCCNC(=O)Cn1cnc2sccc2c1=O. The molecule has 0 spiro atoms. The van der Waals surface area contributed by atoms with E-state index in [1.165, 1.54) is 22.2 Å². The number of rotatable bonds is 7. The lowest BCUT2D eigenvalue weighted by molar-refractivity contribution is -0.121. The molecule has 0 saturated carbocycles. The number of carbonyl (C=O) groups excluding carboxylic acids is 1. The average Bonchev–Trinajstić information content (AvgIpc) is 2.91. The maximum atomic E-state index is 12.1. The lowest BCUT2D eigenvalue weighted by atomic mass is 10.4. The van der Waals surface area contributed by atoms with Gasteiger partial charge in [-0.15, -0.1) is 11.3 Å². The molecule has 2 aromatic rings. The van der Waals surface area contributed by atoms with Gasteiger partial charge in [-0.05, 0) is 24.4 Å². The number of amides is 1. The second-order valence-electron chi connectivity index (χ2n) is 4.42. The van der Waals surface area contributed by atoms with E-state index in [1.54, 1.807) is 6.07 Å². The molecule has 2 aromatic heterocycles. The van der Waals surface area contributed by atoms with Crippen molar-refractivity contribution in [3.8, 4) is 0 Å². The number of hydrogen-bond donors (Lipinski definition) is 2. The van der Waals surface area contributed by atoms with Gasteiger partial charge in [-0.25, -0.2) is 4.98 Å². The summed E-state index contributed by atoms with van der Waals surface area (Å²) >= 11 is 1.42. The fourth-order valence-corrected chi connectivity index (χ4v) is 2.53. The van der Waals surface area contributed by atoms with Crippen LogP contribution < -0.4 is 16.2 Å². The number of hydrogen-bond acceptors (Lipinski definition) is 5. The second-order valence-corrected chi connectivity index (χ2v) is 5.31. The molecule has 0 bridgehead atoms. The van der Waals surface area contributed by atoms with E-state index < -0.39 is 0 Å². The molecule has 108 valence electrons. The summed E-state index contributed by atoms with van der Waals surface area (Å²) in [6.45, 7) is 4.32. The van der Waals surface area contributed by atoms with Crippen molar-refractivity contribution in [2.75, 3.05) is 19.6 Å². The van der Waals surface area contributed by atoms with Crippen molar-refractivity contribution >= 4 is 27.5 Å². The standard InChI is InChI=1S/C13H18N4O2S/c1-2-4-14-5-6-15-11(18)8-17-9-16-12-10(13(17)19)3-7-20-12/h3,7,9,14H,2,4-6,8H2,1H3,(H,15,18). The summed E-state index contributed by atoms with van der Waals surface area (Å²) in [6, 6.07) is 1.73. The molecule has 0 aliphatic carbocycles. The Kier molecular flexibility index (Phi) is 5.25. The number of thiophene rings is 1. The topological polar surface area (TPSA) is 76.0 Å². The molecule has 0 aliphatic rings. The lowest BCUT2D eigenvalue weighted by Crippen LogP contribution is -2.36. The van der Waals surface area contributed by atoms with Crippen LogP contribution in [0.5, 0.6) is 0 Å². The van der Waals surface area contributed by atoms with Gasteiger partial charge < -0.3 is 10.6 Å². The number of carbonyl (C=O) groups is 1. The minimum absolute atomic E-state index is 0.00535. The van der Waals surface area contributed by atoms with Crippen LogP contribution in [0.3, 0.4) is 0 Å². The summed E-state index contributed by atoms with van der Waals surface area (Å²) in [5, 5.41) is 8.35. The maximum absolute atomic E-state index is 12.1. The highest BCUT2D eigenvalue weighted by atomic mass is 32.1. The van der Waals surface area contributed by atoms with Crippen molar-refractivity contribution in [1.29, 1.82) is 0 Å². The quantitative estimate of drug-likeness (QED) is 0.732. The number of nitrogens with zero attached hydrogens (tertiary/aromatic N) is 2. The third-order valence-corrected chi connectivity index (χ3v) is 3.64. The molecule has 0 unspecified atom stereocenters. The zero-order chi connectivity index (χ0) is 14.4. The highest BCUT2D eigenvalue weighted by molar-refractivity contribution is 7.16. The molecule has 0 fully saturated rings.